The molecule has 0 aliphatic carbocycles. The Kier molecular flexibility index (Phi) is 11.3. The summed E-state index contributed by atoms with van der Waals surface area (Å²) in [7, 11) is 0. The Morgan fingerprint density at radius 1 is 1.20 bits per heavy atom. The maximum atomic E-state index is 11.0. The van der Waals surface area contributed by atoms with Crippen LogP contribution in [0.4, 0.5) is 0 Å². The van der Waals surface area contributed by atoms with Crippen LogP contribution in [-0.4, -0.2) is 25.2 Å². The molecular formula is C9H13NaO5. The van der Waals surface area contributed by atoms with Crippen molar-refractivity contribution in [1.82, 2.24) is 0 Å². The van der Waals surface area contributed by atoms with E-state index in [2.05, 4.69) is 9.47 Å². The van der Waals surface area contributed by atoms with Crippen molar-refractivity contribution in [1.29, 1.82) is 0 Å². The molecule has 0 fully saturated rings. The summed E-state index contributed by atoms with van der Waals surface area (Å²) >= 11 is 0. The molecule has 80 valence electrons. The van der Waals surface area contributed by atoms with Crippen molar-refractivity contribution in [2.45, 2.75) is 20.3 Å². The van der Waals surface area contributed by atoms with Gasteiger partial charge in [-0.3, -0.25) is 4.79 Å². The number of esters is 2. The van der Waals surface area contributed by atoms with Crippen LogP contribution < -0.4 is 34.7 Å². The minimum Gasteiger partial charge on any atom is -0.875 e. The topological polar surface area (TPSA) is 75.7 Å². The average molecular weight is 224 g/mol. The smallest absolute Gasteiger partial charge is 0.875 e. The second-order valence-electron chi connectivity index (χ2n) is 2.34. The first-order chi connectivity index (χ1) is 6.60. The van der Waals surface area contributed by atoms with E-state index in [1.54, 1.807) is 13.8 Å². The molecule has 0 aromatic rings. The molecular weight excluding hydrogens is 211 g/mol. The van der Waals surface area contributed by atoms with E-state index >= 15 is 0 Å². The minimum absolute atomic E-state index is 0. The molecule has 0 N–H and O–H groups in total. The summed E-state index contributed by atoms with van der Waals surface area (Å²) in [6.45, 7) is 3.67. The first-order valence-electron chi connectivity index (χ1n) is 4.30. The monoisotopic (exact) mass is 224 g/mol. The van der Waals surface area contributed by atoms with Gasteiger partial charge in [0.25, 0.3) is 0 Å². The van der Waals surface area contributed by atoms with Crippen LogP contribution in [0.25, 0.3) is 0 Å². The standard InChI is InChI=1S/C9H14O5.Na/c1-3-13-8(11)5-7(10)6-9(12)14-4-2;/h5,10H,3-4,6H2,1-2H3;/q;+1/p-1/b7-5-;. The van der Waals surface area contributed by atoms with Crippen molar-refractivity contribution < 1.29 is 53.7 Å². The van der Waals surface area contributed by atoms with Gasteiger partial charge in [-0.15, -0.1) is 5.76 Å². The maximum absolute atomic E-state index is 11.0. The second kappa shape index (κ2) is 10.0. The van der Waals surface area contributed by atoms with Crippen molar-refractivity contribution in [3.63, 3.8) is 0 Å². The number of rotatable bonds is 5. The quantitative estimate of drug-likeness (QED) is 0.212. The van der Waals surface area contributed by atoms with Gasteiger partial charge in [-0.1, -0.05) is 0 Å². The Hall–Kier alpha value is -0.520. The van der Waals surface area contributed by atoms with Crippen molar-refractivity contribution >= 4 is 11.9 Å². The average Bonchev–Trinajstić information content (AvgIpc) is 2.03. The zero-order valence-electron chi connectivity index (χ0n) is 9.24. The van der Waals surface area contributed by atoms with E-state index in [9.17, 15) is 14.7 Å². The van der Waals surface area contributed by atoms with E-state index in [-0.39, 0.29) is 42.8 Å². The summed E-state index contributed by atoms with van der Waals surface area (Å²) < 4.78 is 9.01. The van der Waals surface area contributed by atoms with Gasteiger partial charge in [0.05, 0.1) is 19.6 Å². The number of carbonyl (C=O) groups excluding carboxylic acids is 2. The third-order valence-electron chi connectivity index (χ3n) is 1.19. The van der Waals surface area contributed by atoms with E-state index in [1.165, 1.54) is 0 Å². The largest absolute Gasteiger partial charge is 1.00 e. The Labute approximate surface area is 111 Å². The van der Waals surface area contributed by atoms with Crippen LogP contribution in [0.1, 0.15) is 20.3 Å². The van der Waals surface area contributed by atoms with Gasteiger partial charge in [-0.2, -0.15) is 0 Å². The van der Waals surface area contributed by atoms with Gasteiger partial charge in [0.15, 0.2) is 0 Å². The zero-order chi connectivity index (χ0) is 11.0. The molecule has 0 heterocycles. The first-order valence-corrected chi connectivity index (χ1v) is 4.30. The van der Waals surface area contributed by atoms with E-state index in [0.29, 0.717) is 0 Å². The van der Waals surface area contributed by atoms with E-state index in [4.69, 9.17) is 0 Å². The summed E-state index contributed by atoms with van der Waals surface area (Å²) in [5, 5.41) is 11.0. The molecule has 0 aliphatic heterocycles. The molecule has 15 heavy (non-hydrogen) atoms. The Bertz CT molecular complexity index is 237. The molecule has 0 saturated heterocycles. The van der Waals surface area contributed by atoms with Gasteiger partial charge in [0.1, 0.15) is 0 Å². The minimum atomic E-state index is -0.734. The third kappa shape index (κ3) is 9.78. The molecule has 0 spiro atoms. The van der Waals surface area contributed by atoms with Crippen LogP contribution in [0, 0.1) is 0 Å². The van der Waals surface area contributed by atoms with Crippen LogP contribution in [0.2, 0.25) is 0 Å². The van der Waals surface area contributed by atoms with Crippen molar-refractivity contribution in [3.8, 4) is 0 Å². The third-order valence-corrected chi connectivity index (χ3v) is 1.19. The summed E-state index contributed by atoms with van der Waals surface area (Å²) in [5.41, 5.74) is 0. The molecule has 0 unspecified atom stereocenters. The predicted molar refractivity (Wildman–Crippen MR) is 46.0 cm³/mol. The summed E-state index contributed by atoms with van der Waals surface area (Å²) in [4.78, 5) is 21.5. The van der Waals surface area contributed by atoms with Crippen LogP contribution in [0.3, 0.4) is 0 Å². The molecule has 5 nitrogen and oxygen atoms in total. The van der Waals surface area contributed by atoms with E-state index in [0.717, 1.165) is 6.08 Å². The molecule has 0 rings (SSSR count). The number of carbonyl (C=O) groups is 2. The number of hydrogen-bond acceptors (Lipinski definition) is 5. The van der Waals surface area contributed by atoms with Gasteiger partial charge in [-0.25, -0.2) is 4.79 Å². The van der Waals surface area contributed by atoms with Crippen LogP contribution in [-0.2, 0) is 19.1 Å². The first kappa shape index (κ1) is 16.9. The van der Waals surface area contributed by atoms with E-state index in [1.807, 2.05) is 0 Å². The second-order valence-corrected chi connectivity index (χ2v) is 2.34. The van der Waals surface area contributed by atoms with E-state index < -0.39 is 24.1 Å². The molecule has 0 amide bonds. The maximum Gasteiger partial charge on any atom is 1.00 e. The van der Waals surface area contributed by atoms with Gasteiger partial charge in [0.2, 0.25) is 0 Å². The number of ether oxygens (including phenoxy) is 2. The fourth-order valence-electron chi connectivity index (χ4n) is 0.721. The van der Waals surface area contributed by atoms with Gasteiger partial charge < -0.3 is 14.6 Å². The molecule has 0 aromatic carbocycles. The molecule has 0 saturated carbocycles. The van der Waals surface area contributed by atoms with Crippen molar-refractivity contribution in [2.24, 2.45) is 0 Å². The van der Waals surface area contributed by atoms with Crippen LogP contribution >= 0.6 is 0 Å². The van der Waals surface area contributed by atoms with Gasteiger partial charge in [-0.05, 0) is 13.8 Å². The SMILES string of the molecule is CCOC(=O)/C=C(\[O-])CC(=O)OCC.[Na+]. The summed E-state index contributed by atoms with van der Waals surface area (Å²) in [6, 6.07) is 0. The molecule has 6 heteroatoms. The molecule has 0 atom stereocenters. The predicted octanol–water partition coefficient (Wildman–Crippen LogP) is -3.25. The number of hydrogen-bond donors (Lipinski definition) is 0. The summed E-state index contributed by atoms with van der Waals surface area (Å²) in [5.74, 6) is -1.98. The Morgan fingerprint density at radius 2 is 1.73 bits per heavy atom. The Balaban J connectivity index is 0. The van der Waals surface area contributed by atoms with Gasteiger partial charge in [0, 0.05) is 6.08 Å². The normalized spacial score (nSPS) is 10.1. The zero-order valence-corrected chi connectivity index (χ0v) is 11.2. The van der Waals surface area contributed by atoms with Gasteiger partial charge >= 0.3 is 41.5 Å². The fourth-order valence-corrected chi connectivity index (χ4v) is 0.721. The van der Waals surface area contributed by atoms with Crippen LogP contribution in [0.5, 0.6) is 0 Å². The molecule has 0 bridgehead atoms. The fraction of sp³-hybridized carbons (Fsp3) is 0.556. The molecule has 0 aromatic heterocycles. The van der Waals surface area contributed by atoms with Crippen molar-refractivity contribution in [3.05, 3.63) is 11.8 Å². The molecule has 0 aliphatic rings. The van der Waals surface area contributed by atoms with Crippen molar-refractivity contribution in [2.75, 3.05) is 13.2 Å². The Morgan fingerprint density at radius 3 is 2.20 bits per heavy atom. The van der Waals surface area contributed by atoms with Crippen LogP contribution in [0.15, 0.2) is 11.8 Å². The molecule has 0 radical (unpaired) electrons. The summed E-state index contributed by atoms with van der Waals surface area (Å²) in [6.07, 6.45) is 0.326.